The SMILES string of the molecule is CCc1nc(C)ccc1Oc1ncccc1CC(N)CC. The first kappa shape index (κ1) is 15.4. The van der Waals surface area contributed by atoms with Gasteiger partial charge < -0.3 is 10.5 Å². The number of nitrogens with zero attached hydrogens (tertiary/aromatic N) is 2. The van der Waals surface area contributed by atoms with Crippen molar-refractivity contribution < 1.29 is 4.74 Å². The largest absolute Gasteiger partial charge is 0.437 e. The molecule has 4 heteroatoms. The standard InChI is InChI=1S/C17H23N3O/c1-4-14(18)11-13-7-6-10-19-17(13)21-16-9-8-12(3)20-15(16)5-2/h6-10,14H,4-5,11,18H2,1-3H3. The van der Waals surface area contributed by atoms with Crippen LogP contribution in [-0.2, 0) is 12.8 Å². The van der Waals surface area contributed by atoms with Gasteiger partial charge in [0, 0.05) is 23.5 Å². The van der Waals surface area contributed by atoms with Gasteiger partial charge in [-0.25, -0.2) is 4.98 Å². The average Bonchev–Trinajstić information content (AvgIpc) is 2.50. The van der Waals surface area contributed by atoms with Crippen molar-refractivity contribution in [2.24, 2.45) is 5.73 Å². The molecule has 0 bridgehead atoms. The lowest BCUT2D eigenvalue weighted by Gasteiger charge is -2.14. The molecule has 2 heterocycles. The van der Waals surface area contributed by atoms with Crippen molar-refractivity contribution >= 4 is 0 Å². The second-order valence-electron chi connectivity index (χ2n) is 5.19. The minimum absolute atomic E-state index is 0.123. The summed E-state index contributed by atoms with van der Waals surface area (Å²) in [6.45, 7) is 6.14. The molecule has 0 radical (unpaired) electrons. The Morgan fingerprint density at radius 3 is 2.76 bits per heavy atom. The summed E-state index contributed by atoms with van der Waals surface area (Å²) in [7, 11) is 0. The van der Waals surface area contributed by atoms with Crippen LogP contribution in [0.25, 0.3) is 0 Å². The highest BCUT2D eigenvalue weighted by atomic mass is 16.5. The number of hydrogen-bond acceptors (Lipinski definition) is 4. The fourth-order valence-electron chi connectivity index (χ4n) is 2.15. The molecule has 4 nitrogen and oxygen atoms in total. The van der Waals surface area contributed by atoms with Crippen molar-refractivity contribution in [1.29, 1.82) is 0 Å². The van der Waals surface area contributed by atoms with Crippen molar-refractivity contribution in [3.8, 4) is 11.6 Å². The maximum atomic E-state index is 6.05. The summed E-state index contributed by atoms with van der Waals surface area (Å²) in [4.78, 5) is 8.87. The van der Waals surface area contributed by atoms with Crippen LogP contribution in [0.1, 0.15) is 37.2 Å². The number of aryl methyl sites for hydroxylation is 2. The molecule has 0 aliphatic carbocycles. The van der Waals surface area contributed by atoms with E-state index in [0.29, 0.717) is 5.88 Å². The van der Waals surface area contributed by atoms with Crippen LogP contribution in [0.3, 0.4) is 0 Å². The van der Waals surface area contributed by atoms with Gasteiger partial charge in [0.2, 0.25) is 5.88 Å². The van der Waals surface area contributed by atoms with Crippen molar-refractivity contribution in [2.45, 2.75) is 46.1 Å². The van der Waals surface area contributed by atoms with Crippen LogP contribution in [0.2, 0.25) is 0 Å². The van der Waals surface area contributed by atoms with Gasteiger partial charge in [-0.3, -0.25) is 4.98 Å². The van der Waals surface area contributed by atoms with Crippen molar-refractivity contribution in [3.05, 3.63) is 47.4 Å². The molecule has 0 fully saturated rings. The molecule has 0 amide bonds. The Labute approximate surface area is 126 Å². The van der Waals surface area contributed by atoms with Crippen LogP contribution >= 0.6 is 0 Å². The zero-order chi connectivity index (χ0) is 15.2. The smallest absolute Gasteiger partial charge is 0.222 e. The molecule has 0 spiro atoms. The van der Waals surface area contributed by atoms with E-state index < -0.39 is 0 Å². The molecular weight excluding hydrogens is 262 g/mol. The molecule has 0 saturated carbocycles. The second kappa shape index (κ2) is 7.18. The first-order chi connectivity index (χ1) is 10.1. The molecule has 2 N–H and O–H groups in total. The van der Waals surface area contributed by atoms with Crippen molar-refractivity contribution in [2.75, 3.05) is 0 Å². The van der Waals surface area contributed by atoms with Gasteiger partial charge in [0.05, 0.1) is 5.69 Å². The summed E-state index contributed by atoms with van der Waals surface area (Å²) < 4.78 is 6.00. The van der Waals surface area contributed by atoms with Crippen LogP contribution in [0.15, 0.2) is 30.5 Å². The minimum atomic E-state index is 0.123. The third kappa shape index (κ3) is 4.02. The Hall–Kier alpha value is -1.94. The summed E-state index contributed by atoms with van der Waals surface area (Å²) in [5, 5.41) is 0. The fourth-order valence-corrected chi connectivity index (χ4v) is 2.15. The highest BCUT2D eigenvalue weighted by Gasteiger charge is 2.12. The summed E-state index contributed by atoms with van der Waals surface area (Å²) in [6, 6.07) is 7.97. The zero-order valence-electron chi connectivity index (χ0n) is 13.0. The third-order valence-corrected chi connectivity index (χ3v) is 3.47. The maximum absolute atomic E-state index is 6.05. The molecule has 0 aromatic carbocycles. The maximum Gasteiger partial charge on any atom is 0.222 e. The van der Waals surface area contributed by atoms with E-state index in [1.54, 1.807) is 6.20 Å². The number of aromatic nitrogens is 2. The van der Waals surface area contributed by atoms with Gasteiger partial charge in [0.1, 0.15) is 0 Å². The van der Waals surface area contributed by atoms with Gasteiger partial charge in [0.25, 0.3) is 0 Å². The van der Waals surface area contributed by atoms with Crippen LogP contribution in [0, 0.1) is 6.92 Å². The van der Waals surface area contributed by atoms with Gasteiger partial charge in [0.15, 0.2) is 5.75 Å². The molecule has 2 aromatic heterocycles. The van der Waals surface area contributed by atoms with E-state index in [-0.39, 0.29) is 6.04 Å². The monoisotopic (exact) mass is 285 g/mol. The Morgan fingerprint density at radius 2 is 2.05 bits per heavy atom. The zero-order valence-corrected chi connectivity index (χ0v) is 13.0. The molecular formula is C17H23N3O. The average molecular weight is 285 g/mol. The van der Waals surface area contributed by atoms with Crippen LogP contribution < -0.4 is 10.5 Å². The van der Waals surface area contributed by atoms with Gasteiger partial charge >= 0.3 is 0 Å². The van der Waals surface area contributed by atoms with Gasteiger partial charge in [-0.05, 0) is 44.4 Å². The molecule has 0 aliphatic heterocycles. The first-order valence-corrected chi connectivity index (χ1v) is 7.47. The predicted octanol–water partition coefficient (Wildman–Crippen LogP) is 3.42. The van der Waals surface area contributed by atoms with Crippen LogP contribution in [0.5, 0.6) is 11.6 Å². The molecule has 0 aliphatic rings. The molecule has 2 rings (SSSR count). The molecule has 1 atom stereocenters. The summed E-state index contributed by atoms with van der Waals surface area (Å²) in [6.07, 6.45) is 4.26. The lowest BCUT2D eigenvalue weighted by Crippen LogP contribution is -2.21. The van der Waals surface area contributed by atoms with E-state index in [2.05, 4.69) is 23.8 Å². The Kier molecular flexibility index (Phi) is 5.28. The Morgan fingerprint density at radius 1 is 1.24 bits per heavy atom. The molecule has 112 valence electrons. The van der Waals surface area contributed by atoms with E-state index in [9.17, 15) is 0 Å². The molecule has 0 saturated heterocycles. The Balaban J connectivity index is 2.27. The highest BCUT2D eigenvalue weighted by molar-refractivity contribution is 5.36. The minimum Gasteiger partial charge on any atom is -0.437 e. The van der Waals surface area contributed by atoms with E-state index in [0.717, 1.165) is 42.0 Å². The van der Waals surface area contributed by atoms with E-state index in [1.807, 2.05) is 31.2 Å². The molecule has 21 heavy (non-hydrogen) atoms. The van der Waals surface area contributed by atoms with Crippen LogP contribution in [0.4, 0.5) is 0 Å². The van der Waals surface area contributed by atoms with Crippen molar-refractivity contribution in [1.82, 2.24) is 9.97 Å². The van der Waals surface area contributed by atoms with E-state index in [1.165, 1.54) is 0 Å². The fraction of sp³-hybridized carbons (Fsp3) is 0.412. The summed E-state index contributed by atoms with van der Waals surface area (Å²) in [5.74, 6) is 1.40. The van der Waals surface area contributed by atoms with Crippen LogP contribution in [-0.4, -0.2) is 16.0 Å². The Bertz CT molecular complexity index is 598. The number of pyridine rings is 2. The normalized spacial score (nSPS) is 12.2. The second-order valence-corrected chi connectivity index (χ2v) is 5.19. The lowest BCUT2D eigenvalue weighted by molar-refractivity contribution is 0.444. The quantitative estimate of drug-likeness (QED) is 0.883. The number of nitrogens with two attached hydrogens (primary N) is 1. The number of ether oxygens (including phenoxy) is 1. The molecule has 2 aromatic rings. The lowest BCUT2D eigenvalue weighted by atomic mass is 10.1. The number of rotatable bonds is 6. The summed E-state index contributed by atoms with van der Waals surface area (Å²) in [5.41, 5.74) is 9.03. The topological polar surface area (TPSA) is 61.0 Å². The third-order valence-electron chi connectivity index (χ3n) is 3.47. The highest BCUT2D eigenvalue weighted by Crippen LogP contribution is 2.26. The van der Waals surface area contributed by atoms with Gasteiger partial charge in [-0.2, -0.15) is 0 Å². The summed E-state index contributed by atoms with van der Waals surface area (Å²) >= 11 is 0. The predicted molar refractivity (Wildman–Crippen MR) is 84.6 cm³/mol. The van der Waals surface area contributed by atoms with Gasteiger partial charge in [-0.15, -0.1) is 0 Å². The van der Waals surface area contributed by atoms with Gasteiger partial charge in [-0.1, -0.05) is 19.9 Å². The van der Waals surface area contributed by atoms with Crippen molar-refractivity contribution in [3.63, 3.8) is 0 Å². The van der Waals surface area contributed by atoms with E-state index in [4.69, 9.17) is 10.5 Å². The van der Waals surface area contributed by atoms with E-state index >= 15 is 0 Å². The first-order valence-electron chi connectivity index (χ1n) is 7.47. The number of hydrogen-bond donors (Lipinski definition) is 1. The molecule has 1 unspecified atom stereocenters.